The molecule has 0 fully saturated rings. The summed E-state index contributed by atoms with van der Waals surface area (Å²) in [6, 6.07) is 19.9. The second kappa shape index (κ2) is 7.70. The van der Waals surface area contributed by atoms with Crippen molar-refractivity contribution in [3.05, 3.63) is 71.8 Å². The normalized spacial score (nSPS) is 11.3. The standard InChI is InChI=1S/C22H22N4O2/c23-20-18(21(24)27)13-17-16-9-4-5-10-19(16)26(22(17)25-20)11-6-12-28-14-15-7-2-1-3-8-15/h1-5,7-10,13H,6,11-12,14H2,(H2,23,25)(H2,24,27). The van der Waals surface area contributed by atoms with Crippen molar-refractivity contribution < 1.29 is 9.53 Å². The first kappa shape index (κ1) is 18.0. The molecule has 4 rings (SSSR count). The van der Waals surface area contributed by atoms with Gasteiger partial charge < -0.3 is 20.8 Å². The monoisotopic (exact) mass is 374 g/mol. The fourth-order valence-corrected chi connectivity index (χ4v) is 3.48. The molecular formula is C22H22N4O2. The second-order valence-electron chi connectivity index (χ2n) is 6.72. The van der Waals surface area contributed by atoms with Crippen molar-refractivity contribution in [3.63, 3.8) is 0 Å². The number of aryl methyl sites for hydroxylation is 1. The highest BCUT2D eigenvalue weighted by molar-refractivity contribution is 6.10. The van der Waals surface area contributed by atoms with Crippen molar-refractivity contribution in [2.24, 2.45) is 5.73 Å². The number of anilines is 1. The van der Waals surface area contributed by atoms with Crippen LogP contribution in [-0.4, -0.2) is 22.1 Å². The minimum atomic E-state index is -0.571. The number of pyridine rings is 1. The maximum Gasteiger partial charge on any atom is 0.252 e. The van der Waals surface area contributed by atoms with Crippen molar-refractivity contribution >= 4 is 33.7 Å². The highest BCUT2D eigenvalue weighted by Gasteiger charge is 2.16. The number of carbonyl (C=O) groups excluding carboxylic acids is 1. The Morgan fingerprint density at radius 2 is 1.79 bits per heavy atom. The maximum atomic E-state index is 11.6. The Labute approximate surface area is 162 Å². The van der Waals surface area contributed by atoms with E-state index in [0.717, 1.165) is 40.5 Å². The van der Waals surface area contributed by atoms with E-state index in [1.165, 1.54) is 0 Å². The van der Waals surface area contributed by atoms with Crippen LogP contribution in [0.3, 0.4) is 0 Å². The summed E-state index contributed by atoms with van der Waals surface area (Å²) in [5.74, 6) is -0.414. The van der Waals surface area contributed by atoms with Gasteiger partial charge in [-0.15, -0.1) is 0 Å². The van der Waals surface area contributed by atoms with Crippen LogP contribution in [0.15, 0.2) is 60.7 Å². The molecule has 0 atom stereocenters. The van der Waals surface area contributed by atoms with Gasteiger partial charge in [0.05, 0.1) is 17.7 Å². The molecule has 0 aliphatic carbocycles. The summed E-state index contributed by atoms with van der Waals surface area (Å²) in [6.45, 7) is 1.97. The topological polar surface area (TPSA) is 96.2 Å². The lowest BCUT2D eigenvalue weighted by atomic mass is 10.1. The fourth-order valence-electron chi connectivity index (χ4n) is 3.48. The number of rotatable bonds is 7. The molecular weight excluding hydrogens is 352 g/mol. The van der Waals surface area contributed by atoms with E-state index in [9.17, 15) is 4.79 Å². The van der Waals surface area contributed by atoms with Crippen LogP contribution in [0.2, 0.25) is 0 Å². The van der Waals surface area contributed by atoms with Crippen LogP contribution in [0.1, 0.15) is 22.3 Å². The number of benzene rings is 2. The zero-order valence-electron chi connectivity index (χ0n) is 15.5. The van der Waals surface area contributed by atoms with Gasteiger partial charge in [-0.3, -0.25) is 4.79 Å². The highest BCUT2D eigenvalue weighted by atomic mass is 16.5. The fraction of sp³-hybridized carbons (Fsp3) is 0.182. The molecule has 142 valence electrons. The molecule has 6 heteroatoms. The number of fused-ring (bicyclic) bond motifs is 3. The van der Waals surface area contributed by atoms with Gasteiger partial charge in [-0.25, -0.2) is 4.98 Å². The van der Waals surface area contributed by atoms with Crippen molar-refractivity contribution in [2.75, 3.05) is 12.3 Å². The molecule has 0 bridgehead atoms. The molecule has 0 spiro atoms. The van der Waals surface area contributed by atoms with Gasteiger partial charge in [0, 0.05) is 23.9 Å². The Kier molecular flexibility index (Phi) is 4.95. The number of carbonyl (C=O) groups is 1. The molecule has 2 aromatic carbocycles. The van der Waals surface area contributed by atoms with E-state index in [2.05, 4.69) is 21.7 Å². The molecule has 4 N–H and O–H groups in total. The number of amides is 1. The highest BCUT2D eigenvalue weighted by Crippen LogP contribution is 2.30. The molecule has 1 amide bonds. The van der Waals surface area contributed by atoms with E-state index in [1.54, 1.807) is 6.07 Å². The molecule has 0 radical (unpaired) electrons. The van der Waals surface area contributed by atoms with Crippen LogP contribution in [0.25, 0.3) is 21.9 Å². The molecule has 0 aliphatic rings. The van der Waals surface area contributed by atoms with Crippen LogP contribution in [0.4, 0.5) is 5.82 Å². The lowest BCUT2D eigenvalue weighted by Gasteiger charge is -2.09. The SMILES string of the molecule is NC(=O)c1cc2c3ccccc3n(CCCOCc3ccccc3)c2nc1N. The molecule has 4 aromatic rings. The first-order chi connectivity index (χ1) is 13.6. The van der Waals surface area contributed by atoms with Gasteiger partial charge >= 0.3 is 0 Å². The largest absolute Gasteiger partial charge is 0.383 e. The molecule has 0 aliphatic heterocycles. The molecule has 2 aromatic heterocycles. The number of nitrogen functional groups attached to an aromatic ring is 1. The van der Waals surface area contributed by atoms with E-state index in [0.29, 0.717) is 13.2 Å². The number of ether oxygens (including phenoxy) is 1. The third-order valence-electron chi connectivity index (χ3n) is 4.82. The summed E-state index contributed by atoms with van der Waals surface area (Å²) in [4.78, 5) is 16.1. The number of nitrogens with two attached hydrogens (primary N) is 2. The number of para-hydroxylation sites is 1. The first-order valence-corrected chi connectivity index (χ1v) is 9.24. The number of hydrogen-bond donors (Lipinski definition) is 2. The van der Waals surface area contributed by atoms with Gasteiger partial charge in [0.2, 0.25) is 0 Å². The third-order valence-corrected chi connectivity index (χ3v) is 4.82. The summed E-state index contributed by atoms with van der Waals surface area (Å²) < 4.78 is 7.92. The molecule has 0 unspecified atom stereocenters. The number of primary amides is 1. The van der Waals surface area contributed by atoms with E-state index in [4.69, 9.17) is 16.2 Å². The Morgan fingerprint density at radius 1 is 1.04 bits per heavy atom. The Balaban J connectivity index is 1.57. The van der Waals surface area contributed by atoms with E-state index >= 15 is 0 Å². The zero-order valence-corrected chi connectivity index (χ0v) is 15.5. The van der Waals surface area contributed by atoms with Crippen LogP contribution < -0.4 is 11.5 Å². The summed E-state index contributed by atoms with van der Waals surface area (Å²) in [5.41, 5.74) is 14.6. The molecule has 0 saturated heterocycles. The average Bonchev–Trinajstić information content (AvgIpc) is 3.00. The Bertz CT molecular complexity index is 1140. The second-order valence-corrected chi connectivity index (χ2v) is 6.72. The summed E-state index contributed by atoms with van der Waals surface area (Å²) >= 11 is 0. The van der Waals surface area contributed by atoms with E-state index in [1.807, 2.05) is 42.5 Å². The first-order valence-electron chi connectivity index (χ1n) is 9.24. The lowest BCUT2D eigenvalue weighted by molar-refractivity contribution is 0.100. The van der Waals surface area contributed by atoms with Gasteiger partial charge in [-0.05, 0) is 24.1 Å². The van der Waals surface area contributed by atoms with Gasteiger partial charge in [0.15, 0.2) is 0 Å². The minimum absolute atomic E-state index is 0.157. The van der Waals surface area contributed by atoms with Crippen LogP contribution >= 0.6 is 0 Å². The van der Waals surface area contributed by atoms with Crippen LogP contribution in [0.5, 0.6) is 0 Å². The quantitative estimate of drug-likeness (QED) is 0.484. The van der Waals surface area contributed by atoms with Gasteiger partial charge in [-0.2, -0.15) is 0 Å². The Hall–Kier alpha value is -3.38. The van der Waals surface area contributed by atoms with Crippen molar-refractivity contribution in [1.29, 1.82) is 0 Å². The predicted molar refractivity (Wildman–Crippen MR) is 111 cm³/mol. The molecule has 6 nitrogen and oxygen atoms in total. The van der Waals surface area contributed by atoms with Gasteiger partial charge in [0.25, 0.3) is 5.91 Å². The molecule has 0 saturated carbocycles. The van der Waals surface area contributed by atoms with Crippen LogP contribution in [0, 0.1) is 0 Å². The van der Waals surface area contributed by atoms with Gasteiger partial charge in [-0.1, -0.05) is 48.5 Å². The molecule has 2 heterocycles. The van der Waals surface area contributed by atoms with Crippen molar-refractivity contribution in [1.82, 2.24) is 9.55 Å². The lowest BCUT2D eigenvalue weighted by Crippen LogP contribution is -2.14. The zero-order chi connectivity index (χ0) is 19.5. The summed E-state index contributed by atoms with van der Waals surface area (Å²) in [6.07, 6.45) is 0.833. The van der Waals surface area contributed by atoms with E-state index in [-0.39, 0.29) is 11.4 Å². The average molecular weight is 374 g/mol. The number of hydrogen-bond acceptors (Lipinski definition) is 4. The minimum Gasteiger partial charge on any atom is -0.383 e. The Morgan fingerprint density at radius 3 is 2.57 bits per heavy atom. The number of nitrogens with zero attached hydrogens (tertiary/aromatic N) is 2. The smallest absolute Gasteiger partial charge is 0.252 e. The van der Waals surface area contributed by atoms with Crippen molar-refractivity contribution in [2.45, 2.75) is 19.6 Å². The predicted octanol–water partition coefficient (Wildman–Crippen LogP) is 3.48. The van der Waals surface area contributed by atoms with Gasteiger partial charge in [0.1, 0.15) is 11.5 Å². The van der Waals surface area contributed by atoms with E-state index < -0.39 is 5.91 Å². The maximum absolute atomic E-state index is 11.6. The third kappa shape index (κ3) is 3.42. The summed E-state index contributed by atoms with van der Waals surface area (Å²) in [7, 11) is 0. The molecule has 28 heavy (non-hydrogen) atoms. The van der Waals surface area contributed by atoms with Crippen LogP contribution in [-0.2, 0) is 17.9 Å². The number of aromatic nitrogens is 2. The summed E-state index contributed by atoms with van der Waals surface area (Å²) in [5, 5.41) is 1.90. The van der Waals surface area contributed by atoms with Crippen molar-refractivity contribution in [3.8, 4) is 0 Å².